The van der Waals surface area contributed by atoms with Gasteiger partial charge in [-0.2, -0.15) is 0 Å². The summed E-state index contributed by atoms with van der Waals surface area (Å²) in [5, 5.41) is 2.20. The Morgan fingerprint density at radius 3 is 2.62 bits per heavy atom. The molecule has 2 aromatic rings. The monoisotopic (exact) mass is 518 g/mol. The lowest BCUT2D eigenvalue weighted by Crippen LogP contribution is -2.36. The van der Waals surface area contributed by atoms with E-state index in [-0.39, 0.29) is 11.4 Å². The van der Waals surface area contributed by atoms with Crippen LogP contribution in [0.2, 0.25) is 0 Å². The summed E-state index contributed by atoms with van der Waals surface area (Å²) >= 11 is 4.14. The molecule has 2 aromatic carbocycles. The van der Waals surface area contributed by atoms with E-state index in [1.165, 1.54) is 0 Å². The molecule has 1 heterocycles. The largest absolute Gasteiger partial charge is 0.493 e. The third-order valence-electron chi connectivity index (χ3n) is 4.38. The summed E-state index contributed by atoms with van der Waals surface area (Å²) in [7, 11) is 1.54. The van der Waals surface area contributed by atoms with Gasteiger partial charge >= 0.3 is 0 Å². The van der Waals surface area contributed by atoms with E-state index in [1.807, 2.05) is 6.07 Å². The van der Waals surface area contributed by atoms with Crippen LogP contribution in [0.5, 0.6) is 11.5 Å². The molecule has 3 rings (SSSR count). The fourth-order valence-corrected chi connectivity index (χ4v) is 4.06. The molecule has 1 saturated heterocycles. The number of methoxy groups -OCH3 is 1. The summed E-state index contributed by atoms with van der Waals surface area (Å²) in [5.74, 6) is 0.531. The van der Waals surface area contributed by atoms with E-state index in [9.17, 15) is 14.4 Å². The lowest BCUT2D eigenvalue weighted by Gasteiger charge is -2.13. The second-order valence-electron chi connectivity index (χ2n) is 7.41. The first kappa shape index (κ1) is 23.9. The van der Waals surface area contributed by atoms with Crippen molar-refractivity contribution < 1.29 is 23.9 Å². The minimum absolute atomic E-state index is 0.238. The summed E-state index contributed by atoms with van der Waals surface area (Å²) in [6, 6.07) is 12.4. The quantitative estimate of drug-likeness (QED) is 0.485. The maximum atomic E-state index is 12.7. The molecule has 0 aromatic heterocycles. The smallest absolute Gasteiger partial charge is 0.294 e. The van der Waals surface area contributed by atoms with Gasteiger partial charge in [-0.15, -0.1) is 0 Å². The van der Waals surface area contributed by atoms with Gasteiger partial charge in [-0.1, -0.05) is 32.0 Å². The maximum Gasteiger partial charge on any atom is 0.294 e. The molecule has 1 fully saturated rings. The number of rotatable bonds is 8. The van der Waals surface area contributed by atoms with Crippen molar-refractivity contribution in [1.29, 1.82) is 0 Å². The molecule has 0 aliphatic carbocycles. The van der Waals surface area contributed by atoms with Gasteiger partial charge in [0.15, 0.2) is 11.5 Å². The van der Waals surface area contributed by atoms with Crippen molar-refractivity contribution in [3.05, 3.63) is 57.4 Å². The number of halogens is 1. The Bertz CT molecular complexity index is 1070. The normalized spacial score (nSPS) is 14.9. The summed E-state index contributed by atoms with van der Waals surface area (Å²) in [5.41, 5.74) is 1.24. The zero-order chi connectivity index (χ0) is 23.3. The number of hydrogen-bond acceptors (Lipinski definition) is 6. The number of para-hydroxylation sites is 1. The zero-order valence-electron chi connectivity index (χ0n) is 17.9. The van der Waals surface area contributed by atoms with Crippen LogP contribution in [0.4, 0.5) is 10.5 Å². The zero-order valence-corrected chi connectivity index (χ0v) is 20.3. The number of benzene rings is 2. The number of carbonyl (C=O) groups excluding carboxylic acids is 3. The van der Waals surface area contributed by atoms with E-state index in [4.69, 9.17) is 9.47 Å². The van der Waals surface area contributed by atoms with Crippen molar-refractivity contribution in [3.63, 3.8) is 0 Å². The molecule has 168 valence electrons. The van der Waals surface area contributed by atoms with Crippen molar-refractivity contribution in [2.24, 2.45) is 5.92 Å². The van der Waals surface area contributed by atoms with E-state index in [1.54, 1.807) is 49.6 Å². The average Bonchev–Trinajstić information content (AvgIpc) is 3.01. The van der Waals surface area contributed by atoms with Gasteiger partial charge in [0.05, 0.1) is 24.3 Å². The van der Waals surface area contributed by atoms with Gasteiger partial charge in [0.25, 0.3) is 11.1 Å². The molecule has 0 atom stereocenters. The summed E-state index contributed by atoms with van der Waals surface area (Å²) in [4.78, 5) is 38.6. The van der Waals surface area contributed by atoms with Gasteiger partial charge in [-0.25, -0.2) is 0 Å². The van der Waals surface area contributed by atoms with Crippen LogP contribution in [-0.4, -0.2) is 42.2 Å². The maximum absolute atomic E-state index is 12.7. The molecular formula is C23H23BrN2O5S. The number of thioether (sulfide) groups is 1. The highest BCUT2D eigenvalue weighted by Gasteiger charge is 2.36. The van der Waals surface area contributed by atoms with Crippen LogP contribution < -0.4 is 14.8 Å². The molecule has 1 aliphatic rings. The topological polar surface area (TPSA) is 84.9 Å². The van der Waals surface area contributed by atoms with E-state index < -0.39 is 17.1 Å². The van der Waals surface area contributed by atoms with Gasteiger partial charge in [0.1, 0.15) is 6.54 Å². The fraction of sp³-hybridized carbons (Fsp3) is 0.261. The fourth-order valence-electron chi connectivity index (χ4n) is 2.83. The van der Waals surface area contributed by atoms with Crippen molar-refractivity contribution in [2.75, 3.05) is 25.6 Å². The van der Waals surface area contributed by atoms with Gasteiger partial charge in [0.2, 0.25) is 5.91 Å². The van der Waals surface area contributed by atoms with Crippen molar-refractivity contribution in [2.45, 2.75) is 13.8 Å². The second kappa shape index (κ2) is 10.7. The Labute approximate surface area is 199 Å². The number of imide groups is 1. The second-order valence-corrected chi connectivity index (χ2v) is 9.26. The first-order chi connectivity index (χ1) is 15.3. The Morgan fingerprint density at radius 1 is 1.19 bits per heavy atom. The summed E-state index contributed by atoms with van der Waals surface area (Å²) in [6.07, 6.45) is 1.60. The first-order valence-electron chi connectivity index (χ1n) is 9.89. The van der Waals surface area contributed by atoms with E-state index >= 15 is 0 Å². The standard InChI is InChI=1S/C23H23BrN2O5S/c1-14(2)13-31-18-9-8-15(10-19(18)30-3)11-20-22(28)26(23(29)32-20)12-21(27)25-17-7-5-4-6-16(17)24/h4-11,14H,12-13H2,1-3H3,(H,25,27)/b20-11-. The number of anilines is 1. The van der Waals surface area contributed by atoms with Gasteiger partial charge < -0.3 is 14.8 Å². The molecule has 0 spiro atoms. The van der Waals surface area contributed by atoms with Crippen LogP contribution in [0.1, 0.15) is 19.4 Å². The molecule has 32 heavy (non-hydrogen) atoms. The first-order valence-corrected chi connectivity index (χ1v) is 11.5. The van der Waals surface area contributed by atoms with Gasteiger partial charge in [0, 0.05) is 4.47 Å². The molecule has 0 saturated carbocycles. The molecule has 0 radical (unpaired) electrons. The Kier molecular flexibility index (Phi) is 7.98. The Morgan fingerprint density at radius 2 is 1.94 bits per heavy atom. The molecular weight excluding hydrogens is 496 g/mol. The molecule has 3 amide bonds. The minimum Gasteiger partial charge on any atom is -0.493 e. The Hall–Kier alpha value is -2.78. The average molecular weight is 519 g/mol. The number of nitrogens with zero attached hydrogens (tertiary/aromatic N) is 1. The van der Waals surface area contributed by atoms with Crippen LogP contribution in [0.3, 0.4) is 0 Å². The van der Waals surface area contributed by atoms with Crippen LogP contribution in [0, 0.1) is 5.92 Å². The van der Waals surface area contributed by atoms with Crippen molar-refractivity contribution in [1.82, 2.24) is 4.90 Å². The number of amides is 3. The van der Waals surface area contributed by atoms with E-state index in [0.717, 1.165) is 16.7 Å². The van der Waals surface area contributed by atoms with E-state index in [0.29, 0.717) is 39.7 Å². The SMILES string of the molecule is COc1cc(/C=C2\SC(=O)N(CC(=O)Nc3ccccc3Br)C2=O)ccc1OCC(C)C. The third kappa shape index (κ3) is 5.92. The number of carbonyl (C=O) groups is 3. The third-order valence-corrected chi connectivity index (χ3v) is 5.98. The predicted molar refractivity (Wildman–Crippen MR) is 129 cm³/mol. The lowest BCUT2D eigenvalue weighted by molar-refractivity contribution is -0.127. The molecule has 0 unspecified atom stereocenters. The van der Waals surface area contributed by atoms with Crippen molar-refractivity contribution in [3.8, 4) is 11.5 Å². The number of nitrogens with one attached hydrogen (secondary N) is 1. The molecule has 7 nitrogen and oxygen atoms in total. The highest BCUT2D eigenvalue weighted by molar-refractivity contribution is 9.10. The summed E-state index contributed by atoms with van der Waals surface area (Å²) < 4.78 is 11.8. The predicted octanol–water partition coefficient (Wildman–Crippen LogP) is 5.17. The molecule has 1 aliphatic heterocycles. The minimum atomic E-state index is -0.513. The van der Waals surface area contributed by atoms with Crippen LogP contribution >= 0.6 is 27.7 Å². The Balaban J connectivity index is 1.71. The highest BCUT2D eigenvalue weighted by atomic mass is 79.9. The lowest BCUT2D eigenvalue weighted by atomic mass is 10.1. The number of hydrogen-bond donors (Lipinski definition) is 1. The number of ether oxygens (including phenoxy) is 2. The molecule has 0 bridgehead atoms. The van der Waals surface area contributed by atoms with Gasteiger partial charge in [-0.05, 0) is 69.5 Å². The highest BCUT2D eigenvalue weighted by Crippen LogP contribution is 2.34. The summed E-state index contributed by atoms with van der Waals surface area (Å²) in [6.45, 7) is 4.29. The van der Waals surface area contributed by atoms with Crippen LogP contribution in [0.25, 0.3) is 6.08 Å². The van der Waals surface area contributed by atoms with E-state index in [2.05, 4.69) is 35.1 Å². The van der Waals surface area contributed by atoms with Crippen LogP contribution in [-0.2, 0) is 9.59 Å². The molecule has 1 N–H and O–H groups in total. The van der Waals surface area contributed by atoms with Crippen molar-refractivity contribution >= 4 is 56.5 Å². The van der Waals surface area contributed by atoms with Crippen LogP contribution in [0.15, 0.2) is 51.8 Å². The molecule has 9 heteroatoms. The van der Waals surface area contributed by atoms with Gasteiger partial charge in [-0.3, -0.25) is 19.3 Å².